The van der Waals surface area contributed by atoms with Crippen LogP contribution in [0.3, 0.4) is 0 Å². The lowest BCUT2D eigenvalue weighted by Crippen LogP contribution is -2.49. The summed E-state index contributed by atoms with van der Waals surface area (Å²) in [5.74, 6) is 1.86. The predicted molar refractivity (Wildman–Crippen MR) is 96.9 cm³/mol. The number of aryl methyl sites for hydroxylation is 1. The van der Waals surface area contributed by atoms with Crippen LogP contribution in [0.4, 0.5) is 11.9 Å². The molecule has 4 rings (SSSR count). The molecule has 2 aromatic heterocycles. The molecule has 1 amide bonds. The van der Waals surface area contributed by atoms with E-state index in [2.05, 4.69) is 43.9 Å². The van der Waals surface area contributed by atoms with E-state index in [1.54, 1.807) is 6.20 Å². The van der Waals surface area contributed by atoms with Crippen molar-refractivity contribution in [3.05, 3.63) is 23.3 Å². The zero-order valence-corrected chi connectivity index (χ0v) is 15.3. The smallest absolute Gasteiger partial charge is 0.257 e. The number of aromatic amines is 1. The van der Waals surface area contributed by atoms with Crippen molar-refractivity contribution in [2.45, 2.75) is 51.6 Å². The van der Waals surface area contributed by atoms with E-state index in [1.807, 2.05) is 11.8 Å². The number of H-pyrrole nitrogens is 1. The fourth-order valence-corrected chi connectivity index (χ4v) is 3.93. The van der Waals surface area contributed by atoms with Gasteiger partial charge in [0.05, 0.1) is 29.5 Å². The van der Waals surface area contributed by atoms with Gasteiger partial charge in [-0.15, -0.1) is 0 Å². The fourth-order valence-electron chi connectivity index (χ4n) is 3.93. The van der Waals surface area contributed by atoms with E-state index in [-0.39, 0.29) is 29.9 Å². The summed E-state index contributed by atoms with van der Waals surface area (Å²) in [5, 5.41) is 7.02. The van der Waals surface area contributed by atoms with Gasteiger partial charge in [-0.3, -0.25) is 9.89 Å². The van der Waals surface area contributed by atoms with Crippen LogP contribution in [0, 0.1) is 0 Å². The third kappa shape index (κ3) is 2.67. The van der Waals surface area contributed by atoms with Gasteiger partial charge < -0.3 is 15.5 Å². The second-order valence-electron chi connectivity index (χ2n) is 7.27. The van der Waals surface area contributed by atoms with E-state index in [1.165, 1.54) is 0 Å². The largest absolute Gasteiger partial charge is 0.368 e. The molecule has 2 aliphatic rings. The van der Waals surface area contributed by atoms with Gasteiger partial charge in [0, 0.05) is 19.5 Å². The van der Waals surface area contributed by atoms with Crippen molar-refractivity contribution < 1.29 is 4.79 Å². The summed E-state index contributed by atoms with van der Waals surface area (Å²) in [6.07, 6.45) is 3.28. The number of likely N-dealkylation sites (tertiary alicyclic amines) is 1. The van der Waals surface area contributed by atoms with Gasteiger partial charge in [0.1, 0.15) is 5.82 Å². The Bertz CT molecular complexity index is 832. The molecule has 0 aromatic carbocycles. The van der Waals surface area contributed by atoms with Gasteiger partial charge in [-0.1, -0.05) is 20.8 Å². The van der Waals surface area contributed by atoms with E-state index in [0.29, 0.717) is 30.3 Å². The summed E-state index contributed by atoms with van der Waals surface area (Å²) in [6.45, 7) is 7.49. The molecule has 2 aliphatic heterocycles. The van der Waals surface area contributed by atoms with Crippen LogP contribution in [0.15, 0.2) is 6.20 Å². The Morgan fingerprint density at radius 3 is 2.77 bits per heavy atom. The number of hydrogen-bond acceptors (Lipinski definition) is 7. The van der Waals surface area contributed by atoms with Crippen molar-refractivity contribution in [3.63, 3.8) is 0 Å². The molecule has 9 heteroatoms. The zero-order valence-electron chi connectivity index (χ0n) is 15.3. The molecular formula is C17H24N8O. The summed E-state index contributed by atoms with van der Waals surface area (Å²) in [4.78, 5) is 30.1. The SMILES string of the molecule is CCc1nc(N)nc(N2C[C@@H]3C[C@H]2CN3C(=O)c2cn[nH]c2C(C)C)n1. The van der Waals surface area contributed by atoms with Gasteiger partial charge in [-0.05, 0) is 12.3 Å². The maximum Gasteiger partial charge on any atom is 0.257 e. The number of anilines is 2. The molecule has 0 unspecified atom stereocenters. The average molecular weight is 356 g/mol. The van der Waals surface area contributed by atoms with Gasteiger partial charge in [0.25, 0.3) is 5.91 Å². The Morgan fingerprint density at radius 2 is 2.12 bits per heavy atom. The molecule has 4 heterocycles. The van der Waals surface area contributed by atoms with Crippen LogP contribution >= 0.6 is 0 Å². The second-order valence-corrected chi connectivity index (χ2v) is 7.27. The zero-order chi connectivity index (χ0) is 18.4. The number of nitrogens with zero attached hydrogens (tertiary/aromatic N) is 6. The number of carbonyl (C=O) groups excluding carboxylic acids is 1. The number of aromatic nitrogens is 5. The first-order valence-electron chi connectivity index (χ1n) is 9.09. The molecule has 9 nitrogen and oxygen atoms in total. The van der Waals surface area contributed by atoms with Crippen LogP contribution in [0.2, 0.25) is 0 Å². The average Bonchev–Trinajstić information content (AvgIpc) is 3.34. The van der Waals surface area contributed by atoms with Crippen LogP contribution in [-0.2, 0) is 6.42 Å². The number of nitrogens with one attached hydrogen (secondary N) is 1. The number of fused-ring (bicyclic) bond motifs is 2. The second kappa shape index (κ2) is 6.22. The molecule has 0 radical (unpaired) electrons. The van der Waals surface area contributed by atoms with Crippen LogP contribution in [0.5, 0.6) is 0 Å². The lowest BCUT2D eigenvalue weighted by Gasteiger charge is -2.34. The first-order valence-corrected chi connectivity index (χ1v) is 9.09. The Labute approximate surface area is 152 Å². The minimum atomic E-state index is 0.0546. The molecule has 2 bridgehead atoms. The third-order valence-corrected chi connectivity index (χ3v) is 5.24. The highest BCUT2D eigenvalue weighted by Crippen LogP contribution is 2.34. The minimum absolute atomic E-state index is 0.0546. The monoisotopic (exact) mass is 356 g/mol. The minimum Gasteiger partial charge on any atom is -0.368 e. The van der Waals surface area contributed by atoms with Gasteiger partial charge >= 0.3 is 0 Å². The van der Waals surface area contributed by atoms with Crippen molar-refractivity contribution in [1.82, 2.24) is 30.0 Å². The molecule has 26 heavy (non-hydrogen) atoms. The maximum atomic E-state index is 13.0. The summed E-state index contributed by atoms with van der Waals surface area (Å²) >= 11 is 0. The first-order chi connectivity index (χ1) is 12.5. The van der Waals surface area contributed by atoms with Crippen LogP contribution in [-0.4, -0.2) is 61.1 Å². The Kier molecular flexibility index (Phi) is 4.01. The molecule has 138 valence electrons. The van der Waals surface area contributed by atoms with Gasteiger partial charge in [-0.25, -0.2) is 0 Å². The molecule has 0 saturated carbocycles. The number of nitrogen functional groups attached to an aromatic ring is 1. The van der Waals surface area contributed by atoms with Crippen molar-refractivity contribution in [2.24, 2.45) is 0 Å². The van der Waals surface area contributed by atoms with Crippen molar-refractivity contribution in [1.29, 1.82) is 0 Å². The number of rotatable bonds is 4. The number of piperazine rings is 1. The van der Waals surface area contributed by atoms with Gasteiger partial charge in [0.2, 0.25) is 11.9 Å². The number of hydrogen-bond donors (Lipinski definition) is 2. The van der Waals surface area contributed by atoms with E-state index < -0.39 is 0 Å². The highest BCUT2D eigenvalue weighted by molar-refractivity contribution is 5.96. The standard InChI is InChI=1S/C17H24N8O/c1-4-13-20-16(18)22-17(21-13)25-8-10-5-11(25)7-24(10)15(26)12-6-19-23-14(12)9(2)3/h6,9-11H,4-5,7-8H2,1-3H3,(H,19,23)(H2,18,20,21,22)/t10-,11-/m0/s1. The topological polar surface area (TPSA) is 117 Å². The Balaban J connectivity index is 1.53. The summed E-state index contributed by atoms with van der Waals surface area (Å²) in [5.41, 5.74) is 7.39. The van der Waals surface area contributed by atoms with E-state index in [0.717, 1.165) is 18.7 Å². The third-order valence-electron chi connectivity index (χ3n) is 5.24. The van der Waals surface area contributed by atoms with Crippen molar-refractivity contribution in [2.75, 3.05) is 23.7 Å². The van der Waals surface area contributed by atoms with Crippen LogP contribution in [0.1, 0.15) is 55.0 Å². The van der Waals surface area contributed by atoms with Crippen molar-refractivity contribution >= 4 is 17.8 Å². The molecule has 0 aliphatic carbocycles. The van der Waals surface area contributed by atoms with E-state index in [4.69, 9.17) is 5.73 Å². The van der Waals surface area contributed by atoms with Gasteiger partial charge in [-0.2, -0.15) is 20.1 Å². The van der Waals surface area contributed by atoms with E-state index in [9.17, 15) is 4.79 Å². The van der Waals surface area contributed by atoms with E-state index >= 15 is 0 Å². The highest BCUT2D eigenvalue weighted by atomic mass is 16.2. The summed E-state index contributed by atoms with van der Waals surface area (Å²) in [7, 11) is 0. The molecule has 2 saturated heterocycles. The molecule has 2 fully saturated rings. The Hall–Kier alpha value is -2.71. The quantitative estimate of drug-likeness (QED) is 0.838. The highest BCUT2D eigenvalue weighted by Gasteiger charge is 2.47. The molecule has 2 atom stereocenters. The van der Waals surface area contributed by atoms with Crippen LogP contribution in [0.25, 0.3) is 0 Å². The lowest BCUT2D eigenvalue weighted by atomic mass is 10.1. The number of nitrogens with two attached hydrogens (primary N) is 1. The first kappa shape index (κ1) is 16.7. The molecule has 0 spiro atoms. The molecule has 3 N–H and O–H groups in total. The molecular weight excluding hydrogens is 332 g/mol. The summed E-state index contributed by atoms with van der Waals surface area (Å²) < 4.78 is 0. The Morgan fingerprint density at radius 1 is 1.31 bits per heavy atom. The number of amides is 1. The predicted octanol–water partition coefficient (Wildman–Crippen LogP) is 0.966. The normalized spacial score (nSPS) is 21.8. The summed E-state index contributed by atoms with van der Waals surface area (Å²) in [6, 6.07) is 0.371. The maximum absolute atomic E-state index is 13.0. The van der Waals surface area contributed by atoms with Crippen molar-refractivity contribution in [3.8, 4) is 0 Å². The lowest BCUT2D eigenvalue weighted by molar-refractivity contribution is 0.0723. The fraction of sp³-hybridized carbons (Fsp3) is 0.588. The van der Waals surface area contributed by atoms with Crippen LogP contribution < -0.4 is 10.6 Å². The van der Waals surface area contributed by atoms with Gasteiger partial charge in [0.15, 0.2) is 0 Å². The molecule has 2 aromatic rings. The number of carbonyl (C=O) groups is 1.